The number of piperazine rings is 1. The lowest BCUT2D eigenvalue weighted by molar-refractivity contribution is -0.121. The summed E-state index contributed by atoms with van der Waals surface area (Å²) in [6.45, 7) is 7.57. The van der Waals surface area contributed by atoms with Gasteiger partial charge in [-0.25, -0.2) is 0 Å². The summed E-state index contributed by atoms with van der Waals surface area (Å²) < 4.78 is 0. The van der Waals surface area contributed by atoms with Gasteiger partial charge in [-0.05, 0) is 38.3 Å². The van der Waals surface area contributed by atoms with Gasteiger partial charge in [-0.1, -0.05) is 18.2 Å². The van der Waals surface area contributed by atoms with Gasteiger partial charge in [0.15, 0.2) is 5.96 Å². The number of benzene rings is 1. The van der Waals surface area contributed by atoms with Crippen molar-refractivity contribution in [3.8, 4) is 0 Å². The zero-order valence-electron chi connectivity index (χ0n) is 15.8. The van der Waals surface area contributed by atoms with E-state index in [4.69, 9.17) is 4.99 Å². The van der Waals surface area contributed by atoms with Gasteiger partial charge < -0.3 is 20.4 Å². The summed E-state index contributed by atoms with van der Waals surface area (Å²) in [5.74, 6) is 1.15. The third-order valence-corrected chi connectivity index (χ3v) is 4.80. The van der Waals surface area contributed by atoms with Gasteiger partial charge in [-0.2, -0.15) is 0 Å². The lowest BCUT2D eigenvalue weighted by Gasteiger charge is -2.37. The molecule has 6 nitrogen and oxygen atoms in total. The number of amides is 1. The third kappa shape index (κ3) is 5.64. The van der Waals surface area contributed by atoms with Crippen molar-refractivity contribution in [2.45, 2.75) is 38.6 Å². The summed E-state index contributed by atoms with van der Waals surface area (Å²) >= 11 is 0. The number of hydrogen-bond donors (Lipinski definition) is 2. The molecule has 0 bridgehead atoms. The van der Waals surface area contributed by atoms with Gasteiger partial charge >= 0.3 is 0 Å². The maximum absolute atomic E-state index is 11.7. The number of rotatable bonds is 7. The Hall–Kier alpha value is -2.24. The van der Waals surface area contributed by atoms with Crippen LogP contribution in [0.5, 0.6) is 0 Å². The van der Waals surface area contributed by atoms with Crippen LogP contribution in [-0.2, 0) is 4.79 Å². The van der Waals surface area contributed by atoms with E-state index in [0.29, 0.717) is 19.0 Å². The Kier molecular flexibility index (Phi) is 6.75. The molecule has 6 heteroatoms. The first-order valence-corrected chi connectivity index (χ1v) is 9.89. The van der Waals surface area contributed by atoms with Crippen LogP contribution in [0.4, 0.5) is 5.69 Å². The van der Waals surface area contributed by atoms with Crippen LogP contribution < -0.4 is 15.5 Å². The van der Waals surface area contributed by atoms with Crippen LogP contribution in [0, 0.1) is 0 Å². The van der Waals surface area contributed by atoms with Crippen molar-refractivity contribution in [3.05, 3.63) is 30.3 Å². The second-order valence-corrected chi connectivity index (χ2v) is 6.99. The van der Waals surface area contributed by atoms with Crippen LogP contribution in [0.15, 0.2) is 35.3 Å². The number of hydrogen-bond acceptors (Lipinski definition) is 3. The Bertz CT molecular complexity index is 591. The molecule has 1 saturated carbocycles. The van der Waals surface area contributed by atoms with Crippen LogP contribution >= 0.6 is 0 Å². The van der Waals surface area contributed by atoms with Crippen molar-refractivity contribution < 1.29 is 4.79 Å². The molecule has 0 unspecified atom stereocenters. The van der Waals surface area contributed by atoms with Crippen LogP contribution in [0.3, 0.4) is 0 Å². The van der Waals surface area contributed by atoms with Crippen molar-refractivity contribution in [2.75, 3.05) is 44.2 Å². The van der Waals surface area contributed by atoms with Crippen molar-refractivity contribution >= 4 is 17.6 Å². The molecule has 0 aromatic heterocycles. The molecule has 0 radical (unpaired) electrons. The summed E-state index contributed by atoms with van der Waals surface area (Å²) in [4.78, 5) is 21.2. The largest absolute Gasteiger partial charge is 0.368 e. The van der Waals surface area contributed by atoms with Gasteiger partial charge in [0.05, 0.1) is 0 Å². The molecule has 1 aromatic rings. The van der Waals surface area contributed by atoms with E-state index < -0.39 is 0 Å². The Morgan fingerprint density at radius 1 is 1.15 bits per heavy atom. The Morgan fingerprint density at radius 2 is 1.88 bits per heavy atom. The quantitative estimate of drug-likeness (QED) is 0.444. The van der Waals surface area contributed by atoms with Crippen molar-refractivity contribution in [1.29, 1.82) is 0 Å². The Morgan fingerprint density at radius 3 is 2.54 bits per heavy atom. The average molecular weight is 358 g/mol. The monoisotopic (exact) mass is 357 g/mol. The Labute approximate surface area is 156 Å². The van der Waals surface area contributed by atoms with E-state index in [-0.39, 0.29) is 5.91 Å². The van der Waals surface area contributed by atoms with E-state index in [1.807, 2.05) is 0 Å². The normalized spacial score (nSPS) is 18.0. The number of anilines is 1. The predicted molar refractivity (Wildman–Crippen MR) is 107 cm³/mol. The van der Waals surface area contributed by atoms with Gasteiger partial charge in [-0.15, -0.1) is 0 Å². The number of aliphatic imine (C=N–C) groups is 1. The SMILES string of the molecule is CCNC(=NCCCC(=O)NC1CC1)N1CCN(c2ccccc2)CC1. The highest BCUT2D eigenvalue weighted by atomic mass is 16.1. The first-order chi connectivity index (χ1) is 12.8. The molecule has 2 aliphatic rings. The van der Waals surface area contributed by atoms with E-state index in [9.17, 15) is 4.79 Å². The summed E-state index contributed by atoms with van der Waals surface area (Å²) in [5, 5.41) is 6.43. The molecule has 1 saturated heterocycles. The number of para-hydroxylation sites is 1. The third-order valence-electron chi connectivity index (χ3n) is 4.80. The lowest BCUT2D eigenvalue weighted by atomic mass is 10.2. The van der Waals surface area contributed by atoms with Gasteiger partial charge in [0, 0.05) is 57.4 Å². The van der Waals surface area contributed by atoms with E-state index in [0.717, 1.165) is 57.9 Å². The second kappa shape index (κ2) is 9.46. The standard InChI is InChI=1S/C20H31N5O/c1-2-21-20(22-12-6-9-19(26)23-17-10-11-17)25-15-13-24(14-16-25)18-7-4-3-5-8-18/h3-5,7-8,17H,2,6,9-16H2,1H3,(H,21,22)(H,23,26). The molecule has 1 aliphatic heterocycles. The zero-order valence-corrected chi connectivity index (χ0v) is 15.8. The molecule has 0 spiro atoms. The maximum Gasteiger partial charge on any atom is 0.220 e. The molecule has 2 N–H and O–H groups in total. The van der Waals surface area contributed by atoms with Crippen molar-refractivity contribution in [1.82, 2.24) is 15.5 Å². The molecule has 3 rings (SSSR count). The summed E-state index contributed by atoms with van der Waals surface area (Å²) in [6.07, 6.45) is 3.66. The molecule has 2 fully saturated rings. The first kappa shape index (κ1) is 18.5. The fourth-order valence-corrected chi connectivity index (χ4v) is 3.19. The van der Waals surface area contributed by atoms with Gasteiger partial charge in [0.1, 0.15) is 0 Å². The highest BCUT2D eigenvalue weighted by molar-refractivity contribution is 5.80. The molecule has 142 valence electrons. The molecule has 1 amide bonds. The zero-order chi connectivity index (χ0) is 18.2. The summed E-state index contributed by atoms with van der Waals surface area (Å²) in [6, 6.07) is 11.0. The van der Waals surface area contributed by atoms with Crippen molar-refractivity contribution in [3.63, 3.8) is 0 Å². The molecule has 1 aromatic carbocycles. The van der Waals surface area contributed by atoms with Gasteiger partial charge in [0.2, 0.25) is 5.91 Å². The smallest absolute Gasteiger partial charge is 0.220 e. The number of nitrogens with one attached hydrogen (secondary N) is 2. The molecular formula is C20H31N5O. The molecular weight excluding hydrogens is 326 g/mol. The minimum Gasteiger partial charge on any atom is -0.368 e. The molecule has 1 heterocycles. The summed E-state index contributed by atoms with van der Waals surface area (Å²) in [7, 11) is 0. The maximum atomic E-state index is 11.7. The van der Waals surface area contributed by atoms with Gasteiger partial charge in [-0.3, -0.25) is 9.79 Å². The number of carbonyl (C=O) groups excluding carboxylic acids is 1. The van der Waals surface area contributed by atoms with Crippen LogP contribution in [0.25, 0.3) is 0 Å². The molecule has 0 atom stereocenters. The fourth-order valence-electron chi connectivity index (χ4n) is 3.19. The van der Waals surface area contributed by atoms with Crippen LogP contribution in [0.1, 0.15) is 32.6 Å². The minimum atomic E-state index is 0.171. The van der Waals surface area contributed by atoms with Crippen LogP contribution in [0.2, 0.25) is 0 Å². The highest BCUT2D eigenvalue weighted by Crippen LogP contribution is 2.18. The van der Waals surface area contributed by atoms with E-state index in [1.165, 1.54) is 5.69 Å². The van der Waals surface area contributed by atoms with E-state index in [1.54, 1.807) is 0 Å². The first-order valence-electron chi connectivity index (χ1n) is 9.89. The highest BCUT2D eigenvalue weighted by Gasteiger charge is 2.23. The van der Waals surface area contributed by atoms with Crippen molar-refractivity contribution in [2.24, 2.45) is 4.99 Å². The number of nitrogens with zero attached hydrogens (tertiary/aromatic N) is 3. The molecule has 26 heavy (non-hydrogen) atoms. The lowest BCUT2D eigenvalue weighted by Crippen LogP contribution is -2.52. The van der Waals surface area contributed by atoms with E-state index >= 15 is 0 Å². The topological polar surface area (TPSA) is 60.0 Å². The second-order valence-electron chi connectivity index (χ2n) is 6.99. The predicted octanol–water partition coefficient (Wildman–Crippen LogP) is 1.83. The Balaban J connectivity index is 1.44. The average Bonchev–Trinajstić information content (AvgIpc) is 3.49. The fraction of sp³-hybridized carbons (Fsp3) is 0.600. The van der Waals surface area contributed by atoms with Crippen LogP contribution in [-0.4, -0.2) is 62.1 Å². The van der Waals surface area contributed by atoms with Gasteiger partial charge in [0.25, 0.3) is 0 Å². The summed E-state index contributed by atoms with van der Waals surface area (Å²) in [5.41, 5.74) is 1.29. The molecule has 1 aliphatic carbocycles. The number of guanidine groups is 1. The van der Waals surface area contributed by atoms with E-state index in [2.05, 4.69) is 57.7 Å². The minimum absolute atomic E-state index is 0.171. The number of carbonyl (C=O) groups is 1.